The second-order valence-electron chi connectivity index (χ2n) is 7.57. The fourth-order valence-electron chi connectivity index (χ4n) is 4.15. The fraction of sp³-hybridized carbons (Fsp3) is 0.125. The molecule has 0 radical (unpaired) electrons. The molecule has 0 aliphatic carbocycles. The predicted octanol–water partition coefficient (Wildman–Crippen LogP) is 4.18. The lowest BCUT2D eigenvalue weighted by Crippen LogP contribution is -2.31. The monoisotopic (exact) mass is 395 g/mol. The van der Waals surface area contributed by atoms with Gasteiger partial charge in [0.15, 0.2) is 5.82 Å². The van der Waals surface area contributed by atoms with Crippen molar-refractivity contribution in [2.75, 3.05) is 5.32 Å². The minimum Gasteiger partial charge on any atom is -0.366 e. The Morgan fingerprint density at radius 2 is 1.80 bits per heavy atom. The molecule has 4 aromatic rings. The number of carbonyl (C=O) groups is 1. The molecule has 3 aromatic carbocycles. The third-order valence-electron chi connectivity index (χ3n) is 5.51. The normalized spacial score (nSPS) is 15.7. The largest absolute Gasteiger partial charge is 0.366 e. The number of aromatic nitrogens is 3. The summed E-state index contributed by atoms with van der Waals surface area (Å²) in [6.07, 6.45) is 0. The van der Waals surface area contributed by atoms with Crippen LogP contribution < -0.4 is 11.1 Å². The summed E-state index contributed by atoms with van der Waals surface area (Å²) >= 11 is 0. The maximum atomic E-state index is 12.4. The van der Waals surface area contributed by atoms with Crippen molar-refractivity contribution in [3.8, 4) is 11.4 Å². The zero-order valence-corrected chi connectivity index (χ0v) is 16.8. The molecule has 1 unspecified atom stereocenters. The topological polar surface area (TPSA) is 85.8 Å². The minimum atomic E-state index is -0.473. The second kappa shape index (κ2) is 6.84. The van der Waals surface area contributed by atoms with Gasteiger partial charge >= 0.3 is 0 Å². The molecule has 6 heteroatoms. The van der Waals surface area contributed by atoms with Gasteiger partial charge in [0.2, 0.25) is 11.9 Å². The van der Waals surface area contributed by atoms with Gasteiger partial charge in [0, 0.05) is 11.3 Å². The van der Waals surface area contributed by atoms with E-state index in [0.29, 0.717) is 23.0 Å². The van der Waals surface area contributed by atoms with Gasteiger partial charge in [0.25, 0.3) is 0 Å². The first kappa shape index (κ1) is 18.1. The summed E-state index contributed by atoms with van der Waals surface area (Å²) in [7, 11) is 0. The van der Waals surface area contributed by atoms with E-state index in [0.717, 1.165) is 27.5 Å². The number of nitrogens with one attached hydrogen (secondary N) is 1. The van der Waals surface area contributed by atoms with Crippen LogP contribution in [0.4, 0.5) is 5.95 Å². The molecule has 148 valence electrons. The van der Waals surface area contributed by atoms with Gasteiger partial charge in [0.1, 0.15) is 6.04 Å². The van der Waals surface area contributed by atoms with Gasteiger partial charge in [-0.2, -0.15) is 4.98 Å². The molecule has 1 aliphatic heterocycles. The third kappa shape index (κ3) is 2.85. The van der Waals surface area contributed by atoms with Crippen molar-refractivity contribution in [3.63, 3.8) is 0 Å². The van der Waals surface area contributed by atoms with E-state index in [1.165, 1.54) is 0 Å². The van der Waals surface area contributed by atoms with Crippen LogP contribution in [0.5, 0.6) is 0 Å². The molecule has 0 saturated heterocycles. The maximum absolute atomic E-state index is 12.4. The number of nitrogens with two attached hydrogens (primary N) is 1. The van der Waals surface area contributed by atoms with Crippen molar-refractivity contribution >= 4 is 22.6 Å². The van der Waals surface area contributed by atoms with Gasteiger partial charge in [0.05, 0.1) is 5.57 Å². The Hall–Kier alpha value is -3.93. The van der Waals surface area contributed by atoms with E-state index in [4.69, 9.17) is 15.8 Å². The van der Waals surface area contributed by atoms with Crippen LogP contribution in [0.15, 0.2) is 78.0 Å². The highest BCUT2D eigenvalue weighted by molar-refractivity contribution is 5.96. The number of hydrogen-bond acceptors (Lipinski definition) is 4. The summed E-state index contributed by atoms with van der Waals surface area (Å²) in [6, 6.07) is 21.8. The summed E-state index contributed by atoms with van der Waals surface area (Å²) < 4.78 is 1.76. The number of rotatable bonds is 3. The van der Waals surface area contributed by atoms with Crippen molar-refractivity contribution in [1.82, 2.24) is 14.8 Å². The molecule has 1 amide bonds. The number of allylic oxidation sites excluding steroid dienone is 1. The van der Waals surface area contributed by atoms with E-state index in [1.54, 1.807) is 4.68 Å². The van der Waals surface area contributed by atoms with Crippen LogP contribution in [0.25, 0.3) is 22.2 Å². The maximum Gasteiger partial charge on any atom is 0.248 e. The fourth-order valence-corrected chi connectivity index (χ4v) is 4.15. The molecule has 0 bridgehead atoms. The summed E-state index contributed by atoms with van der Waals surface area (Å²) in [6.45, 7) is 3.87. The molecule has 3 N–H and O–H groups in total. The van der Waals surface area contributed by atoms with Crippen LogP contribution in [-0.4, -0.2) is 20.7 Å². The number of fused-ring (bicyclic) bond motifs is 2. The van der Waals surface area contributed by atoms with E-state index in [9.17, 15) is 4.79 Å². The molecular weight excluding hydrogens is 374 g/mol. The predicted molar refractivity (Wildman–Crippen MR) is 118 cm³/mol. The van der Waals surface area contributed by atoms with Crippen LogP contribution in [0.2, 0.25) is 0 Å². The first-order chi connectivity index (χ1) is 14.5. The summed E-state index contributed by atoms with van der Waals surface area (Å²) in [5, 5.41) is 10.2. The van der Waals surface area contributed by atoms with E-state index < -0.39 is 11.9 Å². The van der Waals surface area contributed by atoms with E-state index in [2.05, 4.69) is 29.6 Å². The first-order valence-electron chi connectivity index (χ1n) is 9.82. The number of carbonyl (C=O) groups excluding carboxylic acids is 1. The number of anilines is 1. The number of benzene rings is 3. The van der Waals surface area contributed by atoms with Gasteiger partial charge in [-0.15, -0.1) is 5.10 Å². The Bertz CT molecular complexity index is 1330. The molecule has 1 aromatic heterocycles. The van der Waals surface area contributed by atoms with Crippen molar-refractivity contribution in [3.05, 3.63) is 89.1 Å². The number of nitrogens with zero attached hydrogens (tertiary/aromatic N) is 3. The lowest BCUT2D eigenvalue weighted by Gasteiger charge is -2.27. The van der Waals surface area contributed by atoms with Crippen molar-refractivity contribution in [2.24, 2.45) is 5.73 Å². The highest BCUT2D eigenvalue weighted by Crippen LogP contribution is 2.37. The zero-order chi connectivity index (χ0) is 20.8. The Morgan fingerprint density at radius 3 is 2.60 bits per heavy atom. The van der Waals surface area contributed by atoms with Crippen LogP contribution in [-0.2, 0) is 4.79 Å². The Balaban J connectivity index is 1.72. The summed E-state index contributed by atoms with van der Waals surface area (Å²) in [5.41, 5.74) is 9.94. The number of primary amides is 1. The van der Waals surface area contributed by atoms with Crippen LogP contribution in [0, 0.1) is 6.92 Å². The van der Waals surface area contributed by atoms with E-state index in [1.807, 2.05) is 56.3 Å². The number of amides is 1. The Morgan fingerprint density at radius 1 is 1.03 bits per heavy atom. The quantitative estimate of drug-likeness (QED) is 0.545. The second-order valence-corrected chi connectivity index (χ2v) is 7.57. The van der Waals surface area contributed by atoms with Gasteiger partial charge in [-0.3, -0.25) is 4.79 Å². The van der Waals surface area contributed by atoms with Gasteiger partial charge < -0.3 is 11.1 Å². The van der Waals surface area contributed by atoms with Crippen LogP contribution in [0.3, 0.4) is 0 Å². The molecule has 0 saturated carbocycles. The molecule has 5 rings (SSSR count). The molecule has 6 nitrogen and oxygen atoms in total. The van der Waals surface area contributed by atoms with Crippen LogP contribution in [0.1, 0.15) is 24.1 Å². The van der Waals surface area contributed by atoms with Crippen molar-refractivity contribution in [1.29, 1.82) is 0 Å². The summed E-state index contributed by atoms with van der Waals surface area (Å²) in [4.78, 5) is 17.1. The number of hydrogen-bond donors (Lipinski definition) is 2. The van der Waals surface area contributed by atoms with Crippen LogP contribution >= 0.6 is 0 Å². The zero-order valence-electron chi connectivity index (χ0n) is 16.8. The molecule has 0 fully saturated rings. The molecule has 1 aliphatic rings. The Kier molecular flexibility index (Phi) is 4.13. The number of aryl methyl sites for hydroxylation is 1. The lowest BCUT2D eigenvalue weighted by atomic mass is 9.94. The first-order valence-corrected chi connectivity index (χ1v) is 9.82. The molecular formula is C24H21N5O. The lowest BCUT2D eigenvalue weighted by molar-refractivity contribution is -0.115. The van der Waals surface area contributed by atoms with Gasteiger partial charge in [-0.25, -0.2) is 4.68 Å². The highest BCUT2D eigenvalue weighted by Gasteiger charge is 2.33. The third-order valence-corrected chi connectivity index (χ3v) is 5.51. The average Bonchev–Trinajstić information content (AvgIpc) is 3.15. The van der Waals surface area contributed by atoms with Gasteiger partial charge in [-0.05, 0) is 30.2 Å². The molecule has 0 spiro atoms. The highest BCUT2D eigenvalue weighted by atomic mass is 16.1. The molecule has 1 atom stereocenters. The Labute approximate surface area is 174 Å². The average molecular weight is 395 g/mol. The van der Waals surface area contributed by atoms with Crippen molar-refractivity contribution < 1.29 is 4.79 Å². The van der Waals surface area contributed by atoms with Gasteiger partial charge in [-0.1, -0.05) is 72.3 Å². The summed E-state index contributed by atoms with van der Waals surface area (Å²) in [5.74, 6) is 0.719. The standard InChI is InChI=1S/C24H21N5O/c1-14-7-5-10-17(13-14)21-20(22(25)30)15(2)26-24-27-23(28-29(21)24)19-12-6-9-16-8-3-4-11-18(16)19/h3-13,21H,1-2H3,(H2,25,30)(H,26,27,28). The van der Waals surface area contributed by atoms with E-state index in [-0.39, 0.29) is 0 Å². The molecule has 30 heavy (non-hydrogen) atoms. The molecule has 2 heterocycles. The smallest absolute Gasteiger partial charge is 0.248 e. The van der Waals surface area contributed by atoms with Crippen molar-refractivity contribution in [2.45, 2.75) is 19.9 Å². The van der Waals surface area contributed by atoms with E-state index >= 15 is 0 Å². The minimum absolute atomic E-state index is 0.435. The SMILES string of the molecule is CC1=C(C(N)=O)C(c2cccc(C)c2)n2nc(-c3cccc4ccccc34)nc2N1.